The number of ether oxygens (including phenoxy) is 1. The van der Waals surface area contributed by atoms with Crippen molar-refractivity contribution in [2.75, 3.05) is 19.8 Å². The third-order valence-electron chi connectivity index (χ3n) is 3.24. The summed E-state index contributed by atoms with van der Waals surface area (Å²) in [6.07, 6.45) is 3.97. The summed E-state index contributed by atoms with van der Waals surface area (Å²) < 4.78 is 5.44. The molecule has 6 heteroatoms. The van der Waals surface area contributed by atoms with Crippen molar-refractivity contribution in [2.45, 2.75) is 19.4 Å². The van der Waals surface area contributed by atoms with Crippen LogP contribution >= 0.6 is 0 Å². The molecule has 0 radical (unpaired) electrons. The van der Waals surface area contributed by atoms with Crippen LogP contribution in [0.25, 0.3) is 0 Å². The van der Waals surface area contributed by atoms with E-state index in [1.807, 2.05) is 12.1 Å². The van der Waals surface area contributed by atoms with Crippen LogP contribution in [0.2, 0.25) is 0 Å². The van der Waals surface area contributed by atoms with E-state index >= 15 is 0 Å². The number of pyridine rings is 1. The first-order valence-electron chi connectivity index (χ1n) is 6.51. The first-order valence-corrected chi connectivity index (χ1v) is 6.51. The first-order chi connectivity index (χ1) is 9.31. The zero-order chi connectivity index (χ0) is 13.5. The van der Waals surface area contributed by atoms with E-state index in [0.717, 1.165) is 31.7 Å². The molecule has 1 saturated heterocycles. The van der Waals surface area contributed by atoms with Crippen LogP contribution in [-0.4, -0.2) is 35.8 Å². The molecule has 0 amide bonds. The van der Waals surface area contributed by atoms with Crippen molar-refractivity contribution in [3.63, 3.8) is 0 Å². The second kappa shape index (κ2) is 7.06. The molecule has 2 heterocycles. The molecule has 0 bridgehead atoms. The van der Waals surface area contributed by atoms with E-state index in [1.54, 1.807) is 6.20 Å². The molecule has 6 nitrogen and oxygen atoms in total. The zero-order valence-electron chi connectivity index (χ0n) is 10.9. The summed E-state index contributed by atoms with van der Waals surface area (Å²) in [5.41, 5.74) is 7.05. The van der Waals surface area contributed by atoms with E-state index in [4.69, 9.17) is 15.7 Å². The quantitative estimate of drug-likeness (QED) is 0.315. The predicted octanol–water partition coefficient (Wildman–Crippen LogP) is 0.692. The Hall–Kier alpha value is -1.66. The van der Waals surface area contributed by atoms with Crippen LogP contribution in [0, 0.1) is 5.92 Å². The van der Waals surface area contributed by atoms with Crippen molar-refractivity contribution in [3.05, 3.63) is 29.6 Å². The highest BCUT2D eigenvalue weighted by Gasteiger charge is 2.14. The summed E-state index contributed by atoms with van der Waals surface area (Å²) in [5.74, 6) is 0.608. The summed E-state index contributed by atoms with van der Waals surface area (Å²) in [6.45, 7) is 3.26. The molecule has 2 rings (SSSR count). The maximum absolute atomic E-state index is 8.73. The maximum Gasteiger partial charge on any atom is 0.189 e. The fourth-order valence-corrected chi connectivity index (χ4v) is 2.24. The average molecular weight is 264 g/mol. The Morgan fingerprint density at radius 3 is 3.26 bits per heavy atom. The van der Waals surface area contributed by atoms with Crippen molar-refractivity contribution in [1.29, 1.82) is 0 Å². The number of aromatic nitrogens is 1. The fraction of sp³-hybridized carbons (Fsp3) is 0.538. The van der Waals surface area contributed by atoms with Gasteiger partial charge < -0.3 is 21.0 Å². The highest BCUT2D eigenvalue weighted by Crippen LogP contribution is 2.12. The Labute approximate surface area is 112 Å². The third-order valence-corrected chi connectivity index (χ3v) is 3.24. The van der Waals surface area contributed by atoms with E-state index in [1.165, 1.54) is 6.42 Å². The molecule has 4 N–H and O–H groups in total. The van der Waals surface area contributed by atoms with E-state index in [2.05, 4.69) is 15.5 Å². The Morgan fingerprint density at radius 1 is 1.63 bits per heavy atom. The molecule has 104 valence electrons. The highest BCUT2D eigenvalue weighted by molar-refractivity contribution is 5.96. The lowest BCUT2D eigenvalue weighted by molar-refractivity contribution is 0.0547. The number of nitrogens with zero attached hydrogens (tertiary/aromatic N) is 2. The lowest BCUT2D eigenvalue weighted by Gasteiger charge is -2.22. The molecule has 0 aromatic carbocycles. The van der Waals surface area contributed by atoms with E-state index in [9.17, 15) is 0 Å². The van der Waals surface area contributed by atoms with Crippen molar-refractivity contribution >= 4 is 5.84 Å². The summed E-state index contributed by atoms with van der Waals surface area (Å²) in [7, 11) is 0. The Kier molecular flexibility index (Phi) is 5.11. The van der Waals surface area contributed by atoms with Crippen LogP contribution in [0.4, 0.5) is 0 Å². The average Bonchev–Trinajstić information content (AvgIpc) is 2.48. The second-order valence-corrected chi connectivity index (χ2v) is 4.71. The molecule has 1 aliphatic rings. The van der Waals surface area contributed by atoms with Gasteiger partial charge in [0.1, 0.15) is 5.69 Å². The summed E-state index contributed by atoms with van der Waals surface area (Å²) >= 11 is 0. The standard InChI is InChI=1S/C13H20N4O2/c14-13(17-18)12-11(4-1-5-16-12)8-15-7-10-3-2-6-19-9-10/h1,4-5,10,15,18H,2-3,6-9H2,(H2,14,17). The molecule has 1 aromatic heterocycles. The lowest BCUT2D eigenvalue weighted by Crippen LogP contribution is -2.29. The second-order valence-electron chi connectivity index (χ2n) is 4.71. The van der Waals surface area contributed by atoms with Crippen LogP contribution in [0.1, 0.15) is 24.1 Å². The maximum atomic E-state index is 8.73. The van der Waals surface area contributed by atoms with Crippen molar-refractivity contribution in [3.8, 4) is 0 Å². The van der Waals surface area contributed by atoms with E-state index in [0.29, 0.717) is 18.2 Å². The largest absolute Gasteiger partial charge is 0.409 e. The number of oxime groups is 1. The molecular formula is C13H20N4O2. The molecule has 19 heavy (non-hydrogen) atoms. The lowest BCUT2D eigenvalue weighted by atomic mass is 10.0. The van der Waals surface area contributed by atoms with Gasteiger partial charge in [0.2, 0.25) is 0 Å². The van der Waals surface area contributed by atoms with E-state index in [-0.39, 0.29) is 5.84 Å². The van der Waals surface area contributed by atoms with Gasteiger partial charge in [-0.15, -0.1) is 0 Å². The number of hydrogen-bond donors (Lipinski definition) is 3. The topological polar surface area (TPSA) is 92.8 Å². The summed E-state index contributed by atoms with van der Waals surface area (Å²) in [4.78, 5) is 4.13. The van der Waals surface area contributed by atoms with Gasteiger partial charge in [0.25, 0.3) is 0 Å². The van der Waals surface area contributed by atoms with Crippen molar-refractivity contribution in [1.82, 2.24) is 10.3 Å². The van der Waals surface area contributed by atoms with Crippen molar-refractivity contribution in [2.24, 2.45) is 16.8 Å². The normalized spacial score (nSPS) is 20.4. The number of nitrogens with two attached hydrogens (primary N) is 1. The number of amidine groups is 1. The fourth-order valence-electron chi connectivity index (χ4n) is 2.24. The SMILES string of the molecule is NC(=NO)c1ncccc1CNCC1CCCOC1. The molecule has 1 atom stereocenters. The Morgan fingerprint density at radius 2 is 2.53 bits per heavy atom. The molecule has 0 spiro atoms. The molecule has 1 aliphatic heterocycles. The van der Waals surface area contributed by atoms with Crippen LogP contribution in [-0.2, 0) is 11.3 Å². The molecule has 1 aromatic rings. The van der Waals surface area contributed by atoms with Gasteiger partial charge in [-0.3, -0.25) is 4.98 Å². The van der Waals surface area contributed by atoms with Crippen LogP contribution < -0.4 is 11.1 Å². The van der Waals surface area contributed by atoms with Crippen LogP contribution in [0.15, 0.2) is 23.5 Å². The Bertz CT molecular complexity index is 430. The molecule has 0 aliphatic carbocycles. The van der Waals surface area contributed by atoms with Gasteiger partial charge in [-0.25, -0.2) is 0 Å². The molecular weight excluding hydrogens is 244 g/mol. The van der Waals surface area contributed by atoms with Gasteiger partial charge in [0, 0.05) is 25.9 Å². The monoisotopic (exact) mass is 264 g/mol. The van der Waals surface area contributed by atoms with Gasteiger partial charge >= 0.3 is 0 Å². The van der Waals surface area contributed by atoms with Gasteiger partial charge in [-0.1, -0.05) is 11.2 Å². The summed E-state index contributed by atoms with van der Waals surface area (Å²) in [5, 5.41) is 15.1. The smallest absolute Gasteiger partial charge is 0.189 e. The van der Waals surface area contributed by atoms with Gasteiger partial charge in [0.05, 0.1) is 6.61 Å². The van der Waals surface area contributed by atoms with Gasteiger partial charge in [0.15, 0.2) is 5.84 Å². The van der Waals surface area contributed by atoms with E-state index < -0.39 is 0 Å². The highest BCUT2D eigenvalue weighted by atomic mass is 16.5. The molecule has 0 saturated carbocycles. The van der Waals surface area contributed by atoms with Crippen LogP contribution in [0.3, 0.4) is 0 Å². The van der Waals surface area contributed by atoms with Crippen LogP contribution in [0.5, 0.6) is 0 Å². The first kappa shape index (κ1) is 13.8. The predicted molar refractivity (Wildman–Crippen MR) is 72.0 cm³/mol. The third kappa shape index (κ3) is 3.90. The molecule has 1 fully saturated rings. The minimum atomic E-state index is 0.0402. The Balaban J connectivity index is 1.88. The summed E-state index contributed by atoms with van der Waals surface area (Å²) in [6, 6.07) is 3.76. The minimum absolute atomic E-state index is 0.0402. The number of hydrogen-bond acceptors (Lipinski definition) is 5. The zero-order valence-corrected chi connectivity index (χ0v) is 10.9. The number of rotatable bonds is 5. The van der Waals surface area contributed by atoms with Gasteiger partial charge in [-0.05, 0) is 30.4 Å². The molecule has 1 unspecified atom stereocenters. The van der Waals surface area contributed by atoms with Crippen molar-refractivity contribution < 1.29 is 9.94 Å². The van der Waals surface area contributed by atoms with Gasteiger partial charge in [-0.2, -0.15) is 0 Å². The number of nitrogens with one attached hydrogen (secondary N) is 1. The minimum Gasteiger partial charge on any atom is -0.409 e.